The molecule has 0 spiro atoms. The molecule has 1 rings (SSSR count). The minimum absolute atomic E-state index is 0.204. The zero-order chi connectivity index (χ0) is 9.68. The Morgan fingerprint density at radius 2 is 2.15 bits per heavy atom. The standard InChI is InChI=1S/C8H9N3O2/c1-6(10-12)8(11-13)7-3-2-4-9-5-7/h2-5,12-13H,1H3/b10-6+,11-8-. The first-order chi connectivity index (χ1) is 6.29. The van der Waals surface area contributed by atoms with Gasteiger partial charge in [-0.1, -0.05) is 10.3 Å². The quantitative estimate of drug-likeness (QED) is 0.405. The fourth-order valence-corrected chi connectivity index (χ4v) is 0.889. The zero-order valence-electron chi connectivity index (χ0n) is 7.05. The lowest BCUT2D eigenvalue weighted by molar-refractivity contribution is 0.314. The van der Waals surface area contributed by atoms with Crippen LogP contribution in [0, 0.1) is 0 Å². The first kappa shape index (κ1) is 9.18. The van der Waals surface area contributed by atoms with Crippen molar-refractivity contribution in [1.82, 2.24) is 4.98 Å². The van der Waals surface area contributed by atoms with Crippen LogP contribution in [0.4, 0.5) is 0 Å². The average molecular weight is 179 g/mol. The molecule has 13 heavy (non-hydrogen) atoms. The Bertz CT molecular complexity index is 333. The second kappa shape index (κ2) is 4.20. The number of pyridine rings is 1. The molecule has 0 saturated carbocycles. The van der Waals surface area contributed by atoms with Crippen LogP contribution in [0.15, 0.2) is 34.8 Å². The van der Waals surface area contributed by atoms with E-state index in [1.807, 2.05) is 0 Å². The van der Waals surface area contributed by atoms with E-state index in [2.05, 4.69) is 15.3 Å². The molecule has 1 aromatic heterocycles. The Morgan fingerprint density at radius 1 is 1.38 bits per heavy atom. The predicted octanol–water partition coefficient (Wildman–Crippen LogP) is 1.11. The van der Waals surface area contributed by atoms with Crippen LogP contribution in [0.1, 0.15) is 12.5 Å². The van der Waals surface area contributed by atoms with E-state index < -0.39 is 0 Å². The van der Waals surface area contributed by atoms with Crippen molar-refractivity contribution in [3.8, 4) is 0 Å². The molecule has 0 fully saturated rings. The van der Waals surface area contributed by atoms with Gasteiger partial charge in [0.05, 0.1) is 0 Å². The molecular weight excluding hydrogens is 170 g/mol. The second-order valence-corrected chi connectivity index (χ2v) is 2.38. The lowest BCUT2D eigenvalue weighted by atomic mass is 10.1. The van der Waals surface area contributed by atoms with Gasteiger partial charge in [-0.15, -0.1) is 0 Å². The molecule has 0 bridgehead atoms. The molecular formula is C8H9N3O2. The Kier molecular flexibility index (Phi) is 2.97. The van der Waals surface area contributed by atoms with Crippen molar-refractivity contribution in [2.24, 2.45) is 10.3 Å². The van der Waals surface area contributed by atoms with Crippen molar-refractivity contribution in [1.29, 1.82) is 0 Å². The van der Waals surface area contributed by atoms with Gasteiger partial charge in [0.2, 0.25) is 0 Å². The van der Waals surface area contributed by atoms with Crippen LogP contribution < -0.4 is 0 Å². The number of oxime groups is 2. The highest BCUT2D eigenvalue weighted by atomic mass is 16.4. The van der Waals surface area contributed by atoms with Gasteiger partial charge in [0.1, 0.15) is 11.4 Å². The number of hydrogen-bond donors (Lipinski definition) is 2. The van der Waals surface area contributed by atoms with Gasteiger partial charge in [-0.05, 0) is 19.1 Å². The summed E-state index contributed by atoms with van der Waals surface area (Å²) in [6.07, 6.45) is 3.12. The third-order valence-corrected chi connectivity index (χ3v) is 1.53. The van der Waals surface area contributed by atoms with Crippen LogP contribution in [0.5, 0.6) is 0 Å². The van der Waals surface area contributed by atoms with E-state index in [9.17, 15) is 0 Å². The predicted molar refractivity (Wildman–Crippen MR) is 47.5 cm³/mol. The molecule has 0 aliphatic heterocycles. The van der Waals surface area contributed by atoms with Crippen LogP contribution >= 0.6 is 0 Å². The molecule has 1 aromatic rings. The Balaban J connectivity index is 3.07. The summed E-state index contributed by atoms with van der Waals surface area (Å²) < 4.78 is 0. The fraction of sp³-hybridized carbons (Fsp3) is 0.125. The molecule has 0 aromatic carbocycles. The molecule has 5 nitrogen and oxygen atoms in total. The summed E-state index contributed by atoms with van der Waals surface area (Å²) in [5.41, 5.74) is 1.03. The highest BCUT2D eigenvalue weighted by molar-refractivity contribution is 6.47. The minimum Gasteiger partial charge on any atom is -0.411 e. The molecule has 0 saturated heterocycles. The lowest BCUT2D eigenvalue weighted by Gasteiger charge is -2.00. The van der Waals surface area contributed by atoms with Gasteiger partial charge in [0, 0.05) is 18.0 Å². The highest BCUT2D eigenvalue weighted by Crippen LogP contribution is 2.00. The summed E-state index contributed by atoms with van der Waals surface area (Å²) in [6, 6.07) is 3.40. The van der Waals surface area contributed by atoms with Gasteiger partial charge < -0.3 is 10.4 Å². The molecule has 68 valence electrons. The third-order valence-electron chi connectivity index (χ3n) is 1.53. The SMILES string of the molecule is CC(=N\O)/C(=N/O)c1cccnc1. The topological polar surface area (TPSA) is 78.1 Å². The van der Waals surface area contributed by atoms with Gasteiger partial charge in [0.25, 0.3) is 0 Å². The summed E-state index contributed by atoms with van der Waals surface area (Å²) in [5, 5.41) is 23.1. The van der Waals surface area contributed by atoms with Gasteiger partial charge in [-0.3, -0.25) is 4.98 Å². The van der Waals surface area contributed by atoms with Crippen LogP contribution in [-0.2, 0) is 0 Å². The average Bonchev–Trinajstić information content (AvgIpc) is 2.20. The smallest absolute Gasteiger partial charge is 0.135 e. The first-order valence-electron chi connectivity index (χ1n) is 3.61. The minimum atomic E-state index is 0.204. The highest BCUT2D eigenvalue weighted by Gasteiger charge is 2.07. The van der Waals surface area contributed by atoms with Crippen molar-refractivity contribution in [3.63, 3.8) is 0 Å². The number of hydrogen-bond acceptors (Lipinski definition) is 5. The van der Waals surface area contributed by atoms with Crippen molar-refractivity contribution in [2.45, 2.75) is 6.92 Å². The maximum Gasteiger partial charge on any atom is 0.135 e. The Hall–Kier alpha value is -1.91. The maximum absolute atomic E-state index is 8.65. The monoisotopic (exact) mass is 179 g/mol. The van der Waals surface area contributed by atoms with Crippen molar-refractivity contribution < 1.29 is 10.4 Å². The van der Waals surface area contributed by atoms with Crippen LogP contribution in [0.2, 0.25) is 0 Å². The van der Waals surface area contributed by atoms with Crippen LogP contribution in [-0.4, -0.2) is 26.8 Å². The molecule has 2 N–H and O–H groups in total. The van der Waals surface area contributed by atoms with Gasteiger partial charge >= 0.3 is 0 Å². The molecule has 1 heterocycles. The van der Waals surface area contributed by atoms with E-state index in [1.54, 1.807) is 18.3 Å². The van der Waals surface area contributed by atoms with E-state index in [0.29, 0.717) is 5.56 Å². The van der Waals surface area contributed by atoms with Crippen LogP contribution in [0.3, 0.4) is 0 Å². The summed E-state index contributed by atoms with van der Waals surface area (Å²) in [7, 11) is 0. The number of aromatic nitrogens is 1. The van der Waals surface area contributed by atoms with E-state index >= 15 is 0 Å². The zero-order valence-corrected chi connectivity index (χ0v) is 7.05. The van der Waals surface area contributed by atoms with Gasteiger partial charge in [-0.2, -0.15) is 0 Å². The molecule has 0 amide bonds. The van der Waals surface area contributed by atoms with Gasteiger partial charge in [-0.25, -0.2) is 0 Å². The molecule has 5 heteroatoms. The molecule has 0 unspecified atom stereocenters. The fourth-order valence-electron chi connectivity index (χ4n) is 0.889. The second-order valence-electron chi connectivity index (χ2n) is 2.38. The summed E-state index contributed by atoms with van der Waals surface area (Å²) >= 11 is 0. The lowest BCUT2D eigenvalue weighted by Crippen LogP contribution is -2.12. The van der Waals surface area contributed by atoms with E-state index in [-0.39, 0.29) is 11.4 Å². The summed E-state index contributed by atoms with van der Waals surface area (Å²) in [6.45, 7) is 1.53. The molecule has 0 aliphatic rings. The number of nitrogens with zero attached hydrogens (tertiary/aromatic N) is 3. The van der Waals surface area contributed by atoms with E-state index in [4.69, 9.17) is 10.4 Å². The Morgan fingerprint density at radius 3 is 2.62 bits per heavy atom. The first-order valence-corrected chi connectivity index (χ1v) is 3.61. The summed E-state index contributed by atoms with van der Waals surface area (Å²) in [4.78, 5) is 3.84. The Labute approximate surface area is 75.0 Å². The normalized spacial score (nSPS) is 13.0. The number of rotatable bonds is 2. The molecule has 0 atom stereocenters. The van der Waals surface area contributed by atoms with Crippen molar-refractivity contribution in [3.05, 3.63) is 30.1 Å². The molecule has 0 radical (unpaired) electrons. The summed E-state index contributed by atoms with van der Waals surface area (Å²) in [5.74, 6) is 0. The van der Waals surface area contributed by atoms with Crippen molar-refractivity contribution >= 4 is 11.4 Å². The van der Waals surface area contributed by atoms with E-state index in [1.165, 1.54) is 13.1 Å². The van der Waals surface area contributed by atoms with E-state index in [0.717, 1.165) is 0 Å². The molecule has 0 aliphatic carbocycles. The largest absolute Gasteiger partial charge is 0.411 e. The van der Waals surface area contributed by atoms with Gasteiger partial charge in [0.15, 0.2) is 0 Å². The third kappa shape index (κ3) is 2.02. The van der Waals surface area contributed by atoms with Crippen molar-refractivity contribution in [2.75, 3.05) is 0 Å². The van der Waals surface area contributed by atoms with Crippen LogP contribution in [0.25, 0.3) is 0 Å². The maximum atomic E-state index is 8.65.